The molecule has 1 N–H and O–H groups in total. The van der Waals surface area contributed by atoms with E-state index in [1.54, 1.807) is 0 Å². The maximum Gasteiger partial charge on any atom is 0.374 e. The Hall–Kier alpha value is -1.33. The van der Waals surface area contributed by atoms with Gasteiger partial charge in [-0.2, -0.15) is 0 Å². The predicted molar refractivity (Wildman–Crippen MR) is 81.4 cm³/mol. The zero-order valence-corrected chi connectivity index (χ0v) is 13.3. The van der Waals surface area contributed by atoms with E-state index in [1.807, 2.05) is 13.0 Å². The number of ether oxygens (including phenoxy) is 1. The summed E-state index contributed by atoms with van der Waals surface area (Å²) in [4.78, 5) is 13.9. The second kappa shape index (κ2) is 7.61. The molecule has 1 fully saturated rings. The fraction of sp³-hybridized carbons (Fsp3) is 0.688. The first-order valence-corrected chi connectivity index (χ1v) is 7.77. The molecule has 0 aliphatic carbocycles. The highest BCUT2D eigenvalue weighted by molar-refractivity contribution is 5.87. The molecular weight excluding hydrogens is 268 g/mol. The fourth-order valence-corrected chi connectivity index (χ4v) is 2.84. The molecule has 5 heteroatoms. The zero-order valence-electron chi connectivity index (χ0n) is 13.3. The number of nitrogens with one attached hydrogen (secondary N) is 1. The second-order valence-electron chi connectivity index (χ2n) is 5.69. The summed E-state index contributed by atoms with van der Waals surface area (Å²) in [6.07, 6.45) is 3.82. The van der Waals surface area contributed by atoms with Gasteiger partial charge in [-0.1, -0.05) is 13.3 Å². The van der Waals surface area contributed by atoms with Crippen LogP contribution in [0, 0.1) is 6.92 Å². The van der Waals surface area contributed by atoms with Gasteiger partial charge >= 0.3 is 5.97 Å². The molecule has 1 saturated heterocycles. The summed E-state index contributed by atoms with van der Waals surface area (Å²) < 4.78 is 10.4. The van der Waals surface area contributed by atoms with Crippen molar-refractivity contribution in [1.29, 1.82) is 0 Å². The van der Waals surface area contributed by atoms with Gasteiger partial charge in [0.25, 0.3) is 0 Å². The molecule has 118 valence electrons. The molecule has 5 nitrogen and oxygen atoms in total. The van der Waals surface area contributed by atoms with Crippen molar-refractivity contribution in [2.24, 2.45) is 0 Å². The highest BCUT2D eigenvalue weighted by Crippen LogP contribution is 2.18. The van der Waals surface area contributed by atoms with Gasteiger partial charge < -0.3 is 14.5 Å². The number of nitrogens with zero attached hydrogens (tertiary/aromatic N) is 1. The number of piperidine rings is 1. The largest absolute Gasteiger partial charge is 0.463 e. The minimum atomic E-state index is -0.407. The van der Waals surface area contributed by atoms with E-state index in [9.17, 15) is 4.79 Å². The highest BCUT2D eigenvalue weighted by Gasteiger charge is 2.19. The number of carbonyl (C=O) groups excluding carboxylic acids is 1. The number of likely N-dealkylation sites (N-methyl/N-ethyl adjacent to an activating group) is 1. The van der Waals surface area contributed by atoms with Gasteiger partial charge in [0.15, 0.2) is 0 Å². The summed E-state index contributed by atoms with van der Waals surface area (Å²) in [7, 11) is 1.37. The van der Waals surface area contributed by atoms with Crippen LogP contribution < -0.4 is 5.32 Å². The van der Waals surface area contributed by atoms with Crippen molar-refractivity contribution >= 4 is 5.97 Å². The molecule has 0 saturated carbocycles. The Morgan fingerprint density at radius 2 is 2.33 bits per heavy atom. The first-order chi connectivity index (χ1) is 10.1. The topological polar surface area (TPSA) is 54.7 Å². The standard InChI is InChI=1S/C16H26N2O3/c1-4-18(10-13-7-5-6-8-17-13)11-14-9-12(2)15(21-14)16(19)20-3/h9,13,17H,4-8,10-11H2,1-3H3. The second-order valence-corrected chi connectivity index (χ2v) is 5.69. The van der Waals surface area contributed by atoms with E-state index in [-0.39, 0.29) is 0 Å². The number of hydrogen-bond acceptors (Lipinski definition) is 5. The Morgan fingerprint density at radius 1 is 1.52 bits per heavy atom. The van der Waals surface area contributed by atoms with E-state index in [0.29, 0.717) is 11.8 Å². The van der Waals surface area contributed by atoms with Crippen molar-refractivity contribution in [3.05, 3.63) is 23.2 Å². The van der Waals surface area contributed by atoms with E-state index < -0.39 is 5.97 Å². The molecule has 1 aromatic heterocycles. The summed E-state index contributed by atoms with van der Waals surface area (Å²) in [6, 6.07) is 2.50. The number of hydrogen-bond donors (Lipinski definition) is 1. The number of methoxy groups -OCH3 is 1. The summed E-state index contributed by atoms with van der Waals surface area (Å²) in [6.45, 7) is 7.86. The SMILES string of the molecule is CCN(Cc1cc(C)c(C(=O)OC)o1)CC1CCCCN1. The van der Waals surface area contributed by atoms with Gasteiger partial charge in [-0.25, -0.2) is 4.79 Å². The normalized spacial score (nSPS) is 19.0. The molecule has 1 aromatic rings. The Balaban J connectivity index is 1.96. The van der Waals surface area contributed by atoms with E-state index in [2.05, 4.69) is 17.1 Å². The summed E-state index contributed by atoms with van der Waals surface area (Å²) in [5, 5.41) is 3.57. The van der Waals surface area contributed by atoms with E-state index >= 15 is 0 Å². The molecule has 1 atom stereocenters. The van der Waals surface area contributed by atoms with Gasteiger partial charge in [-0.3, -0.25) is 4.90 Å². The van der Waals surface area contributed by atoms with Gasteiger partial charge in [-0.05, 0) is 38.9 Å². The van der Waals surface area contributed by atoms with Crippen LogP contribution in [0.4, 0.5) is 0 Å². The maximum atomic E-state index is 11.6. The fourth-order valence-electron chi connectivity index (χ4n) is 2.84. The van der Waals surface area contributed by atoms with Gasteiger partial charge in [0.2, 0.25) is 5.76 Å². The van der Waals surface area contributed by atoms with Crippen LogP contribution in [0.5, 0.6) is 0 Å². The maximum absolute atomic E-state index is 11.6. The molecule has 0 radical (unpaired) electrons. The molecule has 21 heavy (non-hydrogen) atoms. The van der Waals surface area contributed by atoms with Crippen LogP contribution in [-0.2, 0) is 11.3 Å². The minimum Gasteiger partial charge on any atom is -0.463 e. The summed E-state index contributed by atoms with van der Waals surface area (Å²) in [5.74, 6) is 0.737. The van der Waals surface area contributed by atoms with Crippen LogP contribution in [0.25, 0.3) is 0 Å². The first-order valence-electron chi connectivity index (χ1n) is 7.77. The third-order valence-electron chi connectivity index (χ3n) is 4.06. The van der Waals surface area contributed by atoms with Crippen molar-refractivity contribution in [2.45, 2.75) is 45.7 Å². The number of rotatable bonds is 6. The molecule has 0 aromatic carbocycles. The molecule has 1 aliphatic rings. The van der Waals surface area contributed by atoms with Crippen molar-refractivity contribution in [3.63, 3.8) is 0 Å². The molecule has 2 rings (SSSR count). The molecule has 0 spiro atoms. The van der Waals surface area contributed by atoms with Crippen LogP contribution in [-0.4, -0.2) is 43.7 Å². The first kappa shape index (κ1) is 16.0. The molecule has 0 amide bonds. The molecule has 1 unspecified atom stereocenters. The quantitative estimate of drug-likeness (QED) is 0.816. The Bertz CT molecular complexity index is 464. The average Bonchev–Trinajstić information content (AvgIpc) is 2.87. The van der Waals surface area contributed by atoms with Crippen LogP contribution in [0.3, 0.4) is 0 Å². The zero-order chi connectivity index (χ0) is 15.2. The Morgan fingerprint density at radius 3 is 2.95 bits per heavy atom. The van der Waals surface area contributed by atoms with Gasteiger partial charge in [0, 0.05) is 18.2 Å². The number of furan rings is 1. The Kier molecular flexibility index (Phi) is 5.82. The van der Waals surface area contributed by atoms with Gasteiger partial charge in [-0.15, -0.1) is 0 Å². The lowest BCUT2D eigenvalue weighted by Crippen LogP contribution is -2.43. The van der Waals surface area contributed by atoms with Crippen LogP contribution in [0.1, 0.15) is 48.1 Å². The number of esters is 1. The lowest BCUT2D eigenvalue weighted by Gasteiger charge is -2.29. The minimum absolute atomic E-state index is 0.319. The van der Waals surface area contributed by atoms with E-state index in [4.69, 9.17) is 9.15 Å². The van der Waals surface area contributed by atoms with E-state index in [0.717, 1.165) is 37.5 Å². The van der Waals surface area contributed by atoms with Crippen molar-refractivity contribution in [2.75, 3.05) is 26.7 Å². The third-order valence-corrected chi connectivity index (χ3v) is 4.06. The van der Waals surface area contributed by atoms with E-state index in [1.165, 1.54) is 26.4 Å². The summed E-state index contributed by atoms with van der Waals surface area (Å²) >= 11 is 0. The predicted octanol–water partition coefficient (Wildman–Crippen LogP) is 2.34. The summed E-state index contributed by atoms with van der Waals surface area (Å²) in [5.41, 5.74) is 0.837. The number of aryl methyl sites for hydroxylation is 1. The lowest BCUT2D eigenvalue weighted by atomic mass is 10.0. The lowest BCUT2D eigenvalue weighted by molar-refractivity contribution is 0.0559. The third kappa shape index (κ3) is 4.32. The highest BCUT2D eigenvalue weighted by atomic mass is 16.5. The molecule has 0 bridgehead atoms. The van der Waals surface area contributed by atoms with Crippen molar-refractivity contribution in [1.82, 2.24) is 10.2 Å². The van der Waals surface area contributed by atoms with Crippen molar-refractivity contribution < 1.29 is 13.9 Å². The van der Waals surface area contributed by atoms with Crippen LogP contribution in [0.15, 0.2) is 10.5 Å². The van der Waals surface area contributed by atoms with Gasteiger partial charge in [0.05, 0.1) is 13.7 Å². The van der Waals surface area contributed by atoms with Crippen LogP contribution >= 0.6 is 0 Å². The average molecular weight is 294 g/mol. The smallest absolute Gasteiger partial charge is 0.374 e. The molecular formula is C16H26N2O3. The molecule has 1 aliphatic heterocycles. The molecule has 2 heterocycles. The van der Waals surface area contributed by atoms with Crippen molar-refractivity contribution in [3.8, 4) is 0 Å². The van der Waals surface area contributed by atoms with Gasteiger partial charge in [0.1, 0.15) is 5.76 Å². The van der Waals surface area contributed by atoms with Crippen LogP contribution in [0.2, 0.25) is 0 Å². The number of carbonyl (C=O) groups is 1. The Labute approximate surface area is 126 Å². The monoisotopic (exact) mass is 294 g/mol.